The molecule has 0 aliphatic carbocycles. The number of amides is 1. The number of halogens is 4. The van der Waals surface area contributed by atoms with Gasteiger partial charge in [-0.25, -0.2) is 4.39 Å². The number of aliphatic hydroxyl groups excluding tert-OH is 1. The number of carbonyl (C=O) groups is 1. The van der Waals surface area contributed by atoms with Crippen molar-refractivity contribution < 1.29 is 32.2 Å². The fraction of sp³-hybridized carbons (Fsp3) is 0.400. The molecular weight excluding hydrogens is 318 g/mol. The maximum absolute atomic E-state index is 13.4. The lowest BCUT2D eigenvalue weighted by Gasteiger charge is -2.29. The van der Waals surface area contributed by atoms with E-state index in [0.29, 0.717) is 6.07 Å². The van der Waals surface area contributed by atoms with Gasteiger partial charge in [-0.1, -0.05) is 6.58 Å². The fourth-order valence-electron chi connectivity index (χ4n) is 2.41. The van der Waals surface area contributed by atoms with Gasteiger partial charge in [0.25, 0.3) is 0 Å². The number of alkyl halides is 3. The third kappa shape index (κ3) is 4.08. The minimum atomic E-state index is -4.69. The van der Waals surface area contributed by atoms with E-state index >= 15 is 0 Å². The first-order valence-electron chi connectivity index (χ1n) is 6.78. The summed E-state index contributed by atoms with van der Waals surface area (Å²) in [4.78, 5) is 13.1. The average molecular weight is 333 g/mol. The highest BCUT2D eigenvalue weighted by atomic mass is 19.4. The van der Waals surface area contributed by atoms with Crippen LogP contribution in [0.3, 0.4) is 0 Å². The summed E-state index contributed by atoms with van der Waals surface area (Å²) in [6.07, 6.45) is -4.68. The summed E-state index contributed by atoms with van der Waals surface area (Å²) < 4.78 is 56.7. The zero-order chi connectivity index (χ0) is 17.2. The molecule has 126 valence electrons. The first kappa shape index (κ1) is 17.4. The second-order valence-corrected chi connectivity index (χ2v) is 5.19. The Hall–Kier alpha value is -1.93. The van der Waals surface area contributed by atoms with Gasteiger partial charge in [0.1, 0.15) is 5.82 Å². The van der Waals surface area contributed by atoms with Crippen molar-refractivity contribution in [2.75, 3.05) is 13.2 Å². The van der Waals surface area contributed by atoms with Crippen LogP contribution in [0.25, 0.3) is 0 Å². The zero-order valence-corrected chi connectivity index (χ0v) is 12.0. The summed E-state index contributed by atoms with van der Waals surface area (Å²) in [7, 11) is 0. The second kappa shape index (κ2) is 6.67. The Morgan fingerprint density at radius 3 is 2.61 bits per heavy atom. The van der Waals surface area contributed by atoms with E-state index in [4.69, 9.17) is 4.74 Å². The van der Waals surface area contributed by atoms with Crippen LogP contribution in [0.2, 0.25) is 0 Å². The van der Waals surface area contributed by atoms with Crippen LogP contribution >= 0.6 is 0 Å². The SMILES string of the molecule is C=CC(=O)N(Cc1cc(F)cc(C(F)(F)F)c1)[C@@H]1COC[C@H]1O. The van der Waals surface area contributed by atoms with Crippen LogP contribution in [0.15, 0.2) is 30.9 Å². The molecule has 0 radical (unpaired) electrons. The van der Waals surface area contributed by atoms with Crippen molar-refractivity contribution in [3.8, 4) is 0 Å². The van der Waals surface area contributed by atoms with Gasteiger partial charge in [0.2, 0.25) is 5.91 Å². The Labute approximate surface area is 130 Å². The number of rotatable bonds is 4. The Balaban J connectivity index is 2.31. The van der Waals surface area contributed by atoms with Gasteiger partial charge >= 0.3 is 6.18 Å². The summed E-state index contributed by atoms with van der Waals surface area (Å²) in [6.45, 7) is 3.09. The summed E-state index contributed by atoms with van der Waals surface area (Å²) in [5.41, 5.74) is -1.17. The molecule has 1 saturated heterocycles. The van der Waals surface area contributed by atoms with Crippen molar-refractivity contribution in [3.63, 3.8) is 0 Å². The standard InChI is InChI=1S/C15H15F4NO3/c1-2-14(22)20(12-7-23-8-13(12)21)6-9-3-10(15(17,18)19)5-11(16)4-9/h2-5,12-13,21H,1,6-8H2/t12-,13-/m1/s1. The molecule has 8 heteroatoms. The molecule has 23 heavy (non-hydrogen) atoms. The Morgan fingerprint density at radius 2 is 2.09 bits per heavy atom. The molecule has 0 spiro atoms. The van der Waals surface area contributed by atoms with E-state index < -0.39 is 35.6 Å². The topological polar surface area (TPSA) is 49.8 Å². The minimum absolute atomic E-state index is 0.0164. The van der Waals surface area contributed by atoms with E-state index in [2.05, 4.69) is 6.58 Å². The number of aliphatic hydroxyl groups is 1. The second-order valence-electron chi connectivity index (χ2n) is 5.19. The predicted molar refractivity (Wildman–Crippen MR) is 72.8 cm³/mol. The fourth-order valence-corrected chi connectivity index (χ4v) is 2.41. The summed E-state index contributed by atoms with van der Waals surface area (Å²) in [5, 5.41) is 9.81. The van der Waals surface area contributed by atoms with E-state index in [1.165, 1.54) is 0 Å². The maximum atomic E-state index is 13.4. The third-order valence-electron chi connectivity index (χ3n) is 3.52. The highest BCUT2D eigenvalue weighted by Gasteiger charge is 2.35. The number of benzene rings is 1. The molecule has 0 saturated carbocycles. The van der Waals surface area contributed by atoms with Gasteiger partial charge in [-0.3, -0.25) is 4.79 Å². The molecule has 1 amide bonds. The summed E-state index contributed by atoms with van der Waals surface area (Å²) in [5.74, 6) is -1.64. The monoisotopic (exact) mass is 333 g/mol. The normalized spacial score (nSPS) is 21.3. The van der Waals surface area contributed by atoms with Crippen LogP contribution in [0.4, 0.5) is 17.6 Å². The van der Waals surface area contributed by atoms with Crippen molar-refractivity contribution in [2.24, 2.45) is 0 Å². The van der Waals surface area contributed by atoms with Crippen molar-refractivity contribution in [1.82, 2.24) is 4.90 Å². The van der Waals surface area contributed by atoms with Crippen LogP contribution in [-0.2, 0) is 22.3 Å². The molecule has 2 rings (SSSR count). The third-order valence-corrected chi connectivity index (χ3v) is 3.52. The van der Waals surface area contributed by atoms with Gasteiger partial charge in [-0.2, -0.15) is 13.2 Å². The number of carbonyl (C=O) groups excluding carboxylic acids is 1. The van der Waals surface area contributed by atoms with Gasteiger partial charge in [-0.05, 0) is 29.8 Å². The highest BCUT2D eigenvalue weighted by Crippen LogP contribution is 2.31. The van der Waals surface area contributed by atoms with Crippen LogP contribution in [0, 0.1) is 5.82 Å². The summed E-state index contributed by atoms with van der Waals surface area (Å²) >= 11 is 0. The number of ether oxygens (including phenoxy) is 1. The van der Waals surface area contributed by atoms with Crippen LogP contribution in [-0.4, -0.2) is 41.3 Å². The van der Waals surface area contributed by atoms with Gasteiger partial charge in [0.05, 0.1) is 30.9 Å². The van der Waals surface area contributed by atoms with E-state index in [1.54, 1.807) is 0 Å². The molecule has 4 nitrogen and oxygen atoms in total. The summed E-state index contributed by atoms with van der Waals surface area (Å²) in [6, 6.07) is 1.35. The first-order valence-corrected chi connectivity index (χ1v) is 6.78. The van der Waals surface area contributed by atoms with Crippen LogP contribution in [0.5, 0.6) is 0 Å². The molecule has 1 aromatic rings. The van der Waals surface area contributed by atoms with Crippen molar-refractivity contribution in [2.45, 2.75) is 24.9 Å². The lowest BCUT2D eigenvalue weighted by Crippen LogP contribution is -2.45. The average Bonchev–Trinajstić information content (AvgIpc) is 2.88. The van der Waals surface area contributed by atoms with Gasteiger partial charge < -0.3 is 14.7 Å². The molecule has 0 unspecified atom stereocenters. The van der Waals surface area contributed by atoms with Crippen molar-refractivity contribution in [1.29, 1.82) is 0 Å². The van der Waals surface area contributed by atoms with Gasteiger partial charge in [0, 0.05) is 6.54 Å². The molecule has 1 N–H and O–H groups in total. The lowest BCUT2D eigenvalue weighted by molar-refractivity contribution is -0.137. The Morgan fingerprint density at radius 1 is 1.39 bits per heavy atom. The molecule has 0 bridgehead atoms. The molecule has 1 fully saturated rings. The van der Waals surface area contributed by atoms with E-state index in [0.717, 1.165) is 23.1 Å². The lowest BCUT2D eigenvalue weighted by atomic mass is 10.1. The van der Waals surface area contributed by atoms with Crippen molar-refractivity contribution >= 4 is 5.91 Å². The number of nitrogens with zero attached hydrogens (tertiary/aromatic N) is 1. The maximum Gasteiger partial charge on any atom is 0.416 e. The van der Waals surface area contributed by atoms with Crippen molar-refractivity contribution in [3.05, 3.63) is 47.8 Å². The van der Waals surface area contributed by atoms with Crippen LogP contribution in [0.1, 0.15) is 11.1 Å². The number of hydrogen-bond acceptors (Lipinski definition) is 3. The Bertz CT molecular complexity index is 603. The molecular formula is C15H15F4NO3. The van der Waals surface area contributed by atoms with Crippen LogP contribution < -0.4 is 0 Å². The first-order chi connectivity index (χ1) is 10.7. The van der Waals surface area contributed by atoms with Gasteiger partial charge in [0.15, 0.2) is 0 Å². The molecule has 1 aliphatic rings. The predicted octanol–water partition coefficient (Wildman–Crippen LogP) is 2.12. The Kier molecular flexibility index (Phi) is 5.06. The smallest absolute Gasteiger partial charge is 0.388 e. The molecule has 1 heterocycles. The van der Waals surface area contributed by atoms with E-state index in [-0.39, 0.29) is 25.3 Å². The molecule has 0 aromatic heterocycles. The van der Waals surface area contributed by atoms with E-state index in [1.807, 2.05) is 0 Å². The molecule has 1 aromatic carbocycles. The minimum Gasteiger partial charge on any atom is -0.388 e. The highest BCUT2D eigenvalue weighted by molar-refractivity contribution is 5.87. The molecule has 2 atom stereocenters. The zero-order valence-electron chi connectivity index (χ0n) is 12.0. The number of hydrogen-bond donors (Lipinski definition) is 1. The molecule has 1 aliphatic heterocycles. The van der Waals surface area contributed by atoms with Gasteiger partial charge in [-0.15, -0.1) is 0 Å². The largest absolute Gasteiger partial charge is 0.416 e. The quantitative estimate of drug-likeness (QED) is 0.678. The van der Waals surface area contributed by atoms with E-state index in [9.17, 15) is 27.5 Å².